The summed E-state index contributed by atoms with van der Waals surface area (Å²) in [5.41, 5.74) is 3.62. The lowest BCUT2D eigenvalue weighted by atomic mass is 10.2. The van der Waals surface area contributed by atoms with Crippen molar-refractivity contribution in [3.8, 4) is 16.3 Å². The van der Waals surface area contributed by atoms with Crippen LogP contribution in [0.3, 0.4) is 0 Å². The number of nitrogens with zero attached hydrogens (tertiary/aromatic N) is 3. The summed E-state index contributed by atoms with van der Waals surface area (Å²) in [7, 11) is 0. The van der Waals surface area contributed by atoms with Crippen molar-refractivity contribution >= 4 is 22.9 Å². The van der Waals surface area contributed by atoms with Gasteiger partial charge < -0.3 is 10.1 Å². The van der Waals surface area contributed by atoms with Gasteiger partial charge in [-0.05, 0) is 55.0 Å². The molecule has 6 nitrogen and oxygen atoms in total. The van der Waals surface area contributed by atoms with E-state index in [-0.39, 0.29) is 12.3 Å². The van der Waals surface area contributed by atoms with E-state index in [1.165, 1.54) is 11.3 Å². The minimum atomic E-state index is -0.0882. The minimum absolute atomic E-state index is 0.0882. The zero-order valence-corrected chi connectivity index (χ0v) is 17.4. The Kier molecular flexibility index (Phi) is 6.20. The molecular weight excluding hydrogens is 396 g/mol. The topological polar surface area (TPSA) is 69.0 Å². The molecule has 0 spiro atoms. The van der Waals surface area contributed by atoms with E-state index >= 15 is 0 Å². The fourth-order valence-corrected chi connectivity index (χ4v) is 3.91. The van der Waals surface area contributed by atoms with Crippen LogP contribution in [0.15, 0.2) is 72.4 Å². The van der Waals surface area contributed by atoms with Crippen LogP contribution in [0.2, 0.25) is 0 Å². The predicted octanol–water partition coefficient (Wildman–Crippen LogP) is 4.63. The van der Waals surface area contributed by atoms with Gasteiger partial charge in [0.2, 0.25) is 5.91 Å². The SMILES string of the molecule is CCOc1ccc(-c2nc(CC(=O)Nc3cccc(Cn4cccn4)c3)cs2)cc1. The third-order valence-electron chi connectivity index (χ3n) is 4.42. The molecule has 2 aromatic heterocycles. The Labute approximate surface area is 179 Å². The second-order valence-electron chi connectivity index (χ2n) is 6.73. The number of thiazole rings is 1. The van der Waals surface area contributed by atoms with Gasteiger partial charge in [-0.2, -0.15) is 5.10 Å². The number of hydrogen-bond donors (Lipinski definition) is 1. The lowest BCUT2D eigenvalue weighted by molar-refractivity contribution is -0.115. The Balaban J connectivity index is 1.36. The van der Waals surface area contributed by atoms with Crippen LogP contribution in [-0.4, -0.2) is 27.3 Å². The maximum Gasteiger partial charge on any atom is 0.230 e. The van der Waals surface area contributed by atoms with E-state index in [2.05, 4.69) is 15.4 Å². The average Bonchev–Trinajstić information content (AvgIpc) is 3.41. The lowest BCUT2D eigenvalue weighted by Gasteiger charge is -2.07. The van der Waals surface area contributed by atoms with Gasteiger partial charge in [0, 0.05) is 29.0 Å². The second kappa shape index (κ2) is 9.37. The Morgan fingerprint density at radius 3 is 2.80 bits per heavy atom. The molecule has 152 valence electrons. The van der Waals surface area contributed by atoms with Crippen LogP contribution in [0.4, 0.5) is 5.69 Å². The largest absolute Gasteiger partial charge is 0.494 e. The van der Waals surface area contributed by atoms with E-state index in [9.17, 15) is 4.79 Å². The summed E-state index contributed by atoms with van der Waals surface area (Å²) >= 11 is 1.53. The summed E-state index contributed by atoms with van der Waals surface area (Å²) in [6.45, 7) is 3.26. The number of amides is 1. The van der Waals surface area contributed by atoms with Crippen molar-refractivity contribution in [1.29, 1.82) is 0 Å². The molecule has 2 aromatic carbocycles. The molecule has 0 fully saturated rings. The maximum absolute atomic E-state index is 12.5. The lowest BCUT2D eigenvalue weighted by Crippen LogP contribution is -2.14. The Morgan fingerprint density at radius 2 is 2.03 bits per heavy atom. The molecule has 1 N–H and O–H groups in total. The van der Waals surface area contributed by atoms with Crippen LogP contribution in [0.25, 0.3) is 10.6 Å². The molecule has 0 atom stereocenters. The fourth-order valence-electron chi connectivity index (χ4n) is 3.08. The molecule has 0 unspecified atom stereocenters. The van der Waals surface area contributed by atoms with Gasteiger partial charge in [-0.25, -0.2) is 4.98 Å². The van der Waals surface area contributed by atoms with Crippen LogP contribution in [0.1, 0.15) is 18.2 Å². The molecule has 0 saturated heterocycles. The molecule has 2 heterocycles. The average molecular weight is 419 g/mol. The molecule has 0 radical (unpaired) electrons. The first kappa shape index (κ1) is 19.8. The number of benzene rings is 2. The number of aromatic nitrogens is 3. The molecule has 0 aliphatic rings. The molecule has 1 amide bonds. The number of nitrogens with one attached hydrogen (secondary N) is 1. The summed E-state index contributed by atoms with van der Waals surface area (Å²) < 4.78 is 7.32. The van der Waals surface area contributed by atoms with Gasteiger partial charge in [0.1, 0.15) is 10.8 Å². The molecule has 0 aliphatic heterocycles. The number of hydrogen-bond acceptors (Lipinski definition) is 5. The summed E-state index contributed by atoms with van der Waals surface area (Å²) in [4.78, 5) is 17.1. The third kappa shape index (κ3) is 5.12. The molecule has 0 saturated carbocycles. The van der Waals surface area contributed by atoms with Crippen molar-refractivity contribution in [2.75, 3.05) is 11.9 Å². The molecule has 0 aliphatic carbocycles. The van der Waals surface area contributed by atoms with Crippen molar-refractivity contribution in [2.24, 2.45) is 0 Å². The van der Waals surface area contributed by atoms with Gasteiger partial charge in [-0.3, -0.25) is 9.48 Å². The van der Waals surface area contributed by atoms with Crippen LogP contribution in [0.5, 0.6) is 5.75 Å². The zero-order chi connectivity index (χ0) is 20.8. The molecule has 30 heavy (non-hydrogen) atoms. The van der Waals surface area contributed by atoms with Crippen molar-refractivity contribution in [1.82, 2.24) is 14.8 Å². The molecule has 4 aromatic rings. The van der Waals surface area contributed by atoms with Gasteiger partial charge in [-0.1, -0.05) is 12.1 Å². The highest BCUT2D eigenvalue weighted by Gasteiger charge is 2.10. The highest BCUT2D eigenvalue weighted by Crippen LogP contribution is 2.26. The first-order chi connectivity index (χ1) is 14.7. The number of rotatable bonds is 8. The molecule has 0 bridgehead atoms. The third-order valence-corrected chi connectivity index (χ3v) is 5.36. The van der Waals surface area contributed by atoms with E-state index < -0.39 is 0 Å². The first-order valence-corrected chi connectivity index (χ1v) is 10.6. The summed E-state index contributed by atoms with van der Waals surface area (Å²) in [5, 5.41) is 10.00. The Bertz CT molecular complexity index is 1100. The summed E-state index contributed by atoms with van der Waals surface area (Å²) in [5.74, 6) is 0.752. The molecule has 7 heteroatoms. The number of ether oxygens (including phenoxy) is 1. The quantitative estimate of drug-likeness (QED) is 0.453. The molecule has 4 rings (SSSR count). The van der Waals surface area contributed by atoms with Crippen LogP contribution < -0.4 is 10.1 Å². The first-order valence-electron chi connectivity index (χ1n) is 9.73. The zero-order valence-electron chi connectivity index (χ0n) is 16.6. The second-order valence-corrected chi connectivity index (χ2v) is 7.59. The van der Waals surface area contributed by atoms with E-state index in [0.717, 1.165) is 33.3 Å². The minimum Gasteiger partial charge on any atom is -0.494 e. The highest BCUT2D eigenvalue weighted by atomic mass is 32.1. The summed E-state index contributed by atoms with van der Waals surface area (Å²) in [6.07, 6.45) is 3.90. The monoisotopic (exact) mass is 418 g/mol. The van der Waals surface area contributed by atoms with Crippen molar-refractivity contribution in [3.05, 3.63) is 83.6 Å². The molecular formula is C23H22N4O2S. The number of carbonyl (C=O) groups is 1. The van der Waals surface area contributed by atoms with Crippen LogP contribution in [0, 0.1) is 0 Å². The van der Waals surface area contributed by atoms with Crippen LogP contribution in [-0.2, 0) is 17.8 Å². The van der Waals surface area contributed by atoms with Gasteiger partial charge in [0.25, 0.3) is 0 Å². The standard InChI is InChI=1S/C23H22N4O2S/c1-2-29-21-9-7-18(8-10-21)23-26-20(16-30-23)14-22(28)25-19-6-3-5-17(13-19)15-27-12-4-11-24-27/h3-13,16H,2,14-15H2,1H3,(H,25,28). The predicted molar refractivity (Wildman–Crippen MR) is 119 cm³/mol. The van der Waals surface area contributed by atoms with Gasteiger partial charge in [0.05, 0.1) is 25.3 Å². The Hall–Kier alpha value is -3.45. The maximum atomic E-state index is 12.5. The fraction of sp³-hybridized carbons (Fsp3) is 0.174. The number of carbonyl (C=O) groups excluding carboxylic acids is 1. The van der Waals surface area contributed by atoms with E-state index in [1.807, 2.05) is 77.8 Å². The van der Waals surface area contributed by atoms with E-state index in [4.69, 9.17) is 4.74 Å². The normalized spacial score (nSPS) is 10.7. The van der Waals surface area contributed by atoms with Crippen LogP contribution >= 0.6 is 11.3 Å². The van der Waals surface area contributed by atoms with Crippen molar-refractivity contribution in [2.45, 2.75) is 19.9 Å². The van der Waals surface area contributed by atoms with Crippen molar-refractivity contribution < 1.29 is 9.53 Å². The smallest absolute Gasteiger partial charge is 0.230 e. The highest BCUT2D eigenvalue weighted by molar-refractivity contribution is 7.13. The van der Waals surface area contributed by atoms with Gasteiger partial charge in [-0.15, -0.1) is 11.3 Å². The van der Waals surface area contributed by atoms with Gasteiger partial charge >= 0.3 is 0 Å². The Morgan fingerprint density at radius 1 is 1.17 bits per heavy atom. The van der Waals surface area contributed by atoms with Crippen molar-refractivity contribution in [3.63, 3.8) is 0 Å². The summed E-state index contributed by atoms with van der Waals surface area (Å²) in [6, 6.07) is 17.5. The van der Waals surface area contributed by atoms with E-state index in [1.54, 1.807) is 6.20 Å². The number of anilines is 1. The van der Waals surface area contributed by atoms with Gasteiger partial charge in [0.15, 0.2) is 0 Å². The van der Waals surface area contributed by atoms with E-state index in [0.29, 0.717) is 13.2 Å².